The number of alkyl halides is 3. The number of hydrogen-bond donors (Lipinski definition) is 0. The highest BCUT2D eigenvalue weighted by atomic mass is 35.5. The first-order valence-corrected chi connectivity index (χ1v) is 6.95. The van der Waals surface area contributed by atoms with E-state index >= 15 is 0 Å². The van der Waals surface area contributed by atoms with Gasteiger partial charge >= 0.3 is 12.1 Å². The minimum Gasteiger partial charge on any atom is -0.331 e. The van der Waals surface area contributed by atoms with Gasteiger partial charge in [-0.15, -0.1) is 0 Å². The Balaban J connectivity index is 1.85. The molecular formula is C13H7Cl2F3N4O. The number of benzene rings is 1. The fourth-order valence-corrected chi connectivity index (χ4v) is 2.30. The summed E-state index contributed by atoms with van der Waals surface area (Å²) in [5.74, 6) is -1.59. The van der Waals surface area contributed by atoms with E-state index in [-0.39, 0.29) is 5.82 Å². The predicted molar refractivity (Wildman–Crippen MR) is 76.1 cm³/mol. The molecule has 1 aromatic carbocycles. The van der Waals surface area contributed by atoms with Crippen molar-refractivity contribution in [2.75, 3.05) is 0 Å². The minimum absolute atomic E-state index is 0.184. The van der Waals surface area contributed by atoms with Crippen molar-refractivity contribution in [3.63, 3.8) is 0 Å². The van der Waals surface area contributed by atoms with Crippen molar-refractivity contribution in [2.24, 2.45) is 0 Å². The van der Waals surface area contributed by atoms with Gasteiger partial charge in [0.05, 0.1) is 12.9 Å². The summed E-state index contributed by atoms with van der Waals surface area (Å²) in [6, 6.07) is 4.69. The summed E-state index contributed by atoms with van der Waals surface area (Å²) in [6.45, 7) is 0.416. The zero-order chi connectivity index (χ0) is 16.6. The third kappa shape index (κ3) is 3.48. The first-order chi connectivity index (χ1) is 10.8. The molecule has 2 aromatic heterocycles. The van der Waals surface area contributed by atoms with Crippen molar-refractivity contribution < 1.29 is 17.7 Å². The van der Waals surface area contributed by atoms with Crippen LogP contribution in [-0.4, -0.2) is 19.7 Å². The van der Waals surface area contributed by atoms with Gasteiger partial charge in [-0.1, -0.05) is 40.5 Å². The van der Waals surface area contributed by atoms with Crippen LogP contribution in [0.15, 0.2) is 35.2 Å². The van der Waals surface area contributed by atoms with Crippen molar-refractivity contribution >= 4 is 23.2 Å². The van der Waals surface area contributed by atoms with E-state index < -0.39 is 12.1 Å². The van der Waals surface area contributed by atoms with Crippen molar-refractivity contribution in [1.29, 1.82) is 0 Å². The quantitative estimate of drug-likeness (QED) is 0.696. The van der Waals surface area contributed by atoms with E-state index in [0.29, 0.717) is 22.3 Å². The molecule has 0 radical (unpaired) electrons. The number of rotatable bonds is 3. The third-order valence-electron chi connectivity index (χ3n) is 2.93. The molecule has 0 saturated heterocycles. The number of nitrogens with zero attached hydrogens (tertiary/aromatic N) is 4. The Morgan fingerprint density at radius 3 is 2.57 bits per heavy atom. The molecule has 3 aromatic rings. The highest BCUT2D eigenvalue weighted by Crippen LogP contribution is 2.30. The molecule has 0 spiro atoms. The van der Waals surface area contributed by atoms with Crippen molar-refractivity contribution in [2.45, 2.75) is 12.7 Å². The van der Waals surface area contributed by atoms with Crippen LogP contribution < -0.4 is 0 Å². The van der Waals surface area contributed by atoms with E-state index in [9.17, 15) is 13.2 Å². The van der Waals surface area contributed by atoms with Crippen molar-refractivity contribution in [3.05, 3.63) is 52.4 Å². The van der Waals surface area contributed by atoms with Crippen molar-refractivity contribution in [3.8, 4) is 11.4 Å². The van der Waals surface area contributed by atoms with Gasteiger partial charge in [-0.3, -0.25) is 0 Å². The second kappa shape index (κ2) is 5.86. The van der Waals surface area contributed by atoms with Gasteiger partial charge in [0.25, 0.3) is 0 Å². The minimum atomic E-state index is -4.68. The number of aromatic nitrogens is 4. The smallest absolute Gasteiger partial charge is 0.331 e. The van der Waals surface area contributed by atoms with Crippen LogP contribution in [-0.2, 0) is 12.7 Å². The molecule has 0 saturated carbocycles. The van der Waals surface area contributed by atoms with E-state index in [0.717, 1.165) is 5.56 Å². The normalized spacial score (nSPS) is 11.9. The summed E-state index contributed by atoms with van der Waals surface area (Å²) in [5, 5.41) is 4.02. The fourth-order valence-electron chi connectivity index (χ4n) is 1.89. The van der Waals surface area contributed by atoms with E-state index in [1.165, 1.54) is 6.07 Å². The SMILES string of the molecule is FC(F)(F)c1nc(-c2ccc(Cn3cnc(Cl)c3)c(Cl)c2)no1. The Labute approximate surface area is 137 Å². The Bertz CT molecular complexity index is 844. The Hall–Kier alpha value is -2.06. The van der Waals surface area contributed by atoms with Crippen LogP contribution in [0.25, 0.3) is 11.4 Å². The van der Waals surface area contributed by atoms with Gasteiger partial charge < -0.3 is 9.09 Å². The maximum Gasteiger partial charge on any atom is 0.471 e. The lowest BCUT2D eigenvalue weighted by Crippen LogP contribution is -2.04. The van der Waals surface area contributed by atoms with Crippen LogP contribution in [0.4, 0.5) is 13.2 Å². The zero-order valence-electron chi connectivity index (χ0n) is 11.2. The lowest BCUT2D eigenvalue weighted by atomic mass is 10.1. The maximum absolute atomic E-state index is 12.5. The molecule has 0 bridgehead atoms. The summed E-state index contributed by atoms with van der Waals surface area (Å²) in [5.41, 5.74) is 1.06. The van der Waals surface area contributed by atoms with Gasteiger partial charge in [0.15, 0.2) is 0 Å². The Kier molecular flexibility index (Phi) is 4.03. The molecule has 23 heavy (non-hydrogen) atoms. The molecule has 0 aliphatic heterocycles. The third-order valence-corrected chi connectivity index (χ3v) is 3.48. The number of hydrogen-bond acceptors (Lipinski definition) is 4. The molecule has 0 aliphatic carbocycles. The highest BCUT2D eigenvalue weighted by molar-refractivity contribution is 6.31. The van der Waals surface area contributed by atoms with E-state index in [1.54, 1.807) is 29.2 Å². The molecule has 120 valence electrons. The van der Waals surface area contributed by atoms with Gasteiger partial charge in [0.2, 0.25) is 5.82 Å². The average molecular weight is 363 g/mol. The van der Waals surface area contributed by atoms with Gasteiger partial charge in [-0.2, -0.15) is 18.2 Å². The summed E-state index contributed by atoms with van der Waals surface area (Å²) >= 11 is 11.9. The molecule has 0 aliphatic rings. The van der Waals surface area contributed by atoms with Crippen LogP contribution in [0.1, 0.15) is 11.5 Å². The molecule has 3 rings (SSSR count). The zero-order valence-corrected chi connectivity index (χ0v) is 12.7. The van der Waals surface area contributed by atoms with Crippen LogP contribution in [0, 0.1) is 0 Å². The van der Waals surface area contributed by atoms with Crippen LogP contribution >= 0.6 is 23.2 Å². The topological polar surface area (TPSA) is 56.7 Å². The Morgan fingerprint density at radius 1 is 1.22 bits per heavy atom. The van der Waals surface area contributed by atoms with Crippen LogP contribution in [0.2, 0.25) is 10.2 Å². The highest BCUT2D eigenvalue weighted by Gasteiger charge is 2.38. The largest absolute Gasteiger partial charge is 0.471 e. The van der Waals surface area contributed by atoms with Gasteiger partial charge in [0.1, 0.15) is 5.15 Å². The molecule has 0 unspecified atom stereocenters. The predicted octanol–water partition coefficient (Wildman–Crippen LogP) is 4.31. The summed E-state index contributed by atoms with van der Waals surface area (Å²) in [4.78, 5) is 7.20. The first kappa shape index (κ1) is 15.8. The lowest BCUT2D eigenvalue weighted by molar-refractivity contribution is -0.159. The Morgan fingerprint density at radius 2 is 2.00 bits per heavy atom. The van der Waals surface area contributed by atoms with Crippen LogP contribution in [0.3, 0.4) is 0 Å². The van der Waals surface area contributed by atoms with E-state index in [2.05, 4.69) is 19.6 Å². The molecule has 0 atom stereocenters. The molecular weight excluding hydrogens is 356 g/mol. The summed E-state index contributed by atoms with van der Waals surface area (Å²) in [7, 11) is 0. The molecule has 10 heteroatoms. The monoisotopic (exact) mass is 362 g/mol. The lowest BCUT2D eigenvalue weighted by Gasteiger charge is -2.06. The standard InChI is InChI=1S/C13H7Cl2F3N4O/c14-9-3-7(11-20-12(23-21-11)13(16,17)18)1-2-8(9)4-22-5-10(15)19-6-22/h1-3,5-6H,4H2. The summed E-state index contributed by atoms with van der Waals surface area (Å²) < 4.78 is 43.3. The summed E-state index contributed by atoms with van der Waals surface area (Å²) in [6.07, 6.45) is -1.52. The van der Waals surface area contributed by atoms with E-state index in [4.69, 9.17) is 23.2 Å². The number of halogens is 5. The second-order valence-corrected chi connectivity index (χ2v) is 5.39. The van der Waals surface area contributed by atoms with Gasteiger partial charge in [0, 0.05) is 16.8 Å². The van der Waals surface area contributed by atoms with Crippen molar-refractivity contribution in [1.82, 2.24) is 19.7 Å². The molecule has 2 heterocycles. The average Bonchev–Trinajstić information content (AvgIpc) is 3.10. The second-order valence-electron chi connectivity index (χ2n) is 4.60. The first-order valence-electron chi connectivity index (χ1n) is 6.20. The molecule has 0 amide bonds. The maximum atomic E-state index is 12.5. The van der Waals surface area contributed by atoms with Gasteiger partial charge in [-0.05, 0) is 11.6 Å². The number of imidazole rings is 1. The van der Waals surface area contributed by atoms with E-state index in [1.807, 2.05) is 0 Å². The molecule has 0 N–H and O–H groups in total. The van der Waals surface area contributed by atoms with Crippen LogP contribution in [0.5, 0.6) is 0 Å². The van der Waals surface area contributed by atoms with Gasteiger partial charge in [-0.25, -0.2) is 4.98 Å². The molecule has 5 nitrogen and oxygen atoms in total. The molecule has 0 fully saturated rings. The fraction of sp³-hybridized carbons (Fsp3) is 0.154.